The molecule has 0 aromatic carbocycles. The molecule has 0 amide bonds. The quantitative estimate of drug-likeness (QED) is 0.491. The highest BCUT2D eigenvalue weighted by molar-refractivity contribution is 4.89. The average Bonchev–Trinajstić information content (AvgIpc) is 2.39. The monoisotopic (exact) mass is 270 g/mol. The summed E-state index contributed by atoms with van der Waals surface area (Å²) in [6, 6.07) is 0. The standard InChI is InChI=1S/C16H30O3/c1-5-9-15(18-7-3)11-13-17-14-12-16(10-6-2)19-8-4/h11-16H,5-10H2,1-4H3. The second-order valence-electron chi connectivity index (χ2n) is 4.36. The van der Waals surface area contributed by atoms with E-state index in [1.165, 1.54) is 0 Å². The summed E-state index contributed by atoms with van der Waals surface area (Å²) in [6.07, 6.45) is 11.9. The first-order valence-corrected chi connectivity index (χ1v) is 7.50. The fraction of sp³-hybridized carbons (Fsp3) is 0.750. The molecular weight excluding hydrogens is 240 g/mol. The molecule has 19 heavy (non-hydrogen) atoms. The van der Waals surface area contributed by atoms with Crippen molar-refractivity contribution in [2.45, 2.75) is 65.6 Å². The van der Waals surface area contributed by atoms with E-state index < -0.39 is 0 Å². The zero-order chi connectivity index (χ0) is 14.3. The van der Waals surface area contributed by atoms with Gasteiger partial charge in [-0.1, -0.05) is 26.7 Å². The molecule has 0 heterocycles. The minimum Gasteiger partial charge on any atom is -0.473 e. The van der Waals surface area contributed by atoms with Crippen LogP contribution in [0.15, 0.2) is 24.7 Å². The Morgan fingerprint density at radius 2 is 1.16 bits per heavy atom. The van der Waals surface area contributed by atoms with Crippen molar-refractivity contribution >= 4 is 0 Å². The highest BCUT2D eigenvalue weighted by Gasteiger charge is 2.02. The highest BCUT2D eigenvalue weighted by atomic mass is 16.5. The highest BCUT2D eigenvalue weighted by Crippen LogP contribution is 2.06. The van der Waals surface area contributed by atoms with Crippen LogP contribution in [0.3, 0.4) is 0 Å². The molecule has 0 aliphatic carbocycles. The van der Waals surface area contributed by atoms with Crippen molar-refractivity contribution in [2.24, 2.45) is 0 Å². The predicted octanol–water partition coefficient (Wildman–Crippen LogP) is 4.44. The normalized spacial score (nSPS) is 15.2. The smallest absolute Gasteiger partial charge is 0.0887 e. The molecule has 2 atom stereocenters. The lowest BCUT2D eigenvalue weighted by molar-refractivity contribution is 0.0866. The lowest BCUT2D eigenvalue weighted by atomic mass is 10.2. The van der Waals surface area contributed by atoms with E-state index in [2.05, 4.69) is 13.8 Å². The van der Waals surface area contributed by atoms with E-state index in [-0.39, 0.29) is 12.2 Å². The van der Waals surface area contributed by atoms with E-state index in [9.17, 15) is 0 Å². The van der Waals surface area contributed by atoms with Gasteiger partial charge in [-0.15, -0.1) is 0 Å². The van der Waals surface area contributed by atoms with Crippen molar-refractivity contribution in [3.63, 3.8) is 0 Å². The van der Waals surface area contributed by atoms with Gasteiger partial charge >= 0.3 is 0 Å². The Kier molecular flexibility index (Phi) is 13.1. The molecular formula is C16H30O3. The molecule has 0 fully saturated rings. The first kappa shape index (κ1) is 18.2. The number of hydrogen-bond acceptors (Lipinski definition) is 3. The van der Waals surface area contributed by atoms with E-state index in [4.69, 9.17) is 14.2 Å². The molecule has 0 rings (SSSR count). The lowest BCUT2D eigenvalue weighted by Gasteiger charge is -2.11. The molecule has 2 unspecified atom stereocenters. The summed E-state index contributed by atoms with van der Waals surface area (Å²) < 4.78 is 16.5. The molecule has 0 spiro atoms. The Morgan fingerprint density at radius 1 is 0.737 bits per heavy atom. The van der Waals surface area contributed by atoms with E-state index >= 15 is 0 Å². The van der Waals surface area contributed by atoms with Crippen LogP contribution in [-0.4, -0.2) is 25.4 Å². The Balaban J connectivity index is 4.01. The van der Waals surface area contributed by atoms with Gasteiger partial charge in [-0.25, -0.2) is 0 Å². The molecule has 0 N–H and O–H groups in total. The van der Waals surface area contributed by atoms with Gasteiger partial charge in [0.05, 0.1) is 24.7 Å². The predicted molar refractivity (Wildman–Crippen MR) is 80.0 cm³/mol. The first-order chi connectivity index (χ1) is 9.28. The third-order valence-electron chi connectivity index (χ3n) is 2.65. The largest absolute Gasteiger partial charge is 0.473 e. The number of rotatable bonds is 12. The van der Waals surface area contributed by atoms with Crippen molar-refractivity contribution in [1.29, 1.82) is 0 Å². The van der Waals surface area contributed by atoms with Gasteiger partial charge in [0.2, 0.25) is 0 Å². The Bertz CT molecular complexity index is 200. The van der Waals surface area contributed by atoms with Crippen molar-refractivity contribution in [2.75, 3.05) is 13.2 Å². The number of ether oxygens (including phenoxy) is 3. The summed E-state index contributed by atoms with van der Waals surface area (Å²) >= 11 is 0. The van der Waals surface area contributed by atoms with Gasteiger partial charge in [0, 0.05) is 13.2 Å². The van der Waals surface area contributed by atoms with Crippen LogP contribution in [0.25, 0.3) is 0 Å². The number of hydrogen-bond donors (Lipinski definition) is 0. The maximum Gasteiger partial charge on any atom is 0.0887 e. The maximum atomic E-state index is 5.57. The van der Waals surface area contributed by atoms with Crippen LogP contribution in [-0.2, 0) is 14.2 Å². The summed E-state index contributed by atoms with van der Waals surface area (Å²) in [7, 11) is 0. The average molecular weight is 270 g/mol. The zero-order valence-corrected chi connectivity index (χ0v) is 12.9. The fourth-order valence-electron chi connectivity index (χ4n) is 1.78. The maximum absolute atomic E-state index is 5.57. The Labute approximate surface area is 118 Å². The van der Waals surface area contributed by atoms with E-state index in [0.717, 1.165) is 38.9 Å². The second-order valence-corrected chi connectivity index (χ2v) is 4.36. The van der Waals surface area contributed by atoms with Crippen LogP contribution in [0.2, 0.25) is 0 Å². The summed E-state index contributed by atoms with van der Waals surface area (Å²) in [4.78, 5) is 0. The van der Waals surface area contributed by atoms with Crippen molar-refractivity contribution < 1.29 is 14.2 Å². The molecule has 0 aliphatic heterocycles. The SMILES string of the molecule is CCCC(C=COC=CC(CCC)OCC)OCC. The minimum atomic E-state index is 0.154. The van der Waals surface area contributed by atoms with Crippen molar-refractivity contribution in [1.82, 2.24) is 0 Å². The third kappa shape index (κ3) is 10.8. The first-order valence-electron chi connectivity index (χ1n) is 7.50. The van der Waals surface area contributed by atoms with Gasteiger partial charge in [0.25, 0.3) is 0 Å². The van der Waals surface area contributed by atoms with Crippen LogP contribution in [0, 0.1) is 0 Å². The molecule has 0 bridgehead atoms. The van der Waals surface area contributed by atoms with Crippen LogP contribution >= 0.6 is 0 Å². The van der Waals surface area contributed by atoms with Crippen LogP contribution in [0.5, 0.6) is 0 Å². The van der Waals surface area contributed by atoms with Gasteiger partial charge in [0.1, 0.15) is 0 Å². The lowest BCUT2D eigenvalue weighted by Crippen LogP contribution is -2.09. The van der Waals surface area contributed by atoms with Crippen LogP contribution in [0.1, 0.15) is 53.4 Å². The van der Waals surface area contributed by atoms with Gasteiger partial charge in [-0.3, -0.25) is 0 Å². The Hall–Kier alpha value is -0.800. The molecule has 0 saturated heterocycles. The van der Waals surface area contributed by atoms with E-state index in [0.29, 0.717) is 0 Å². The molecule has 0 aromatic rings. The van der Waals surface area contributed by atoms with Crippen LogP contribution in [0.4, 0.5) is 0 Å². The molecule has 3 heteroatoms. The summed E-state index contributed by atoms with van der Waals surface area (Å²) in [5.74, 6) is 0. The molecule has 0 aliphatic rings. The van der Waals surface area contributed by atoms with Gasteiger partial charge in [0.15, 0.2) is 0 Å². The molecule has 112 valence electrons. The van der Waals surface area contributed by atoms with Gasteiger partial charge in [-0.2, -0.15) is 0 Å². The third-order valence-corrected chi connectivity index (χ3v) is 2.65. The summed E-state index contributed by atoms with van der Waals surface area (Å²) in [6.45, 7) is 9.78. The second kappa shape index (κ2) is 13.6. The molecule has 0 radical (unpaired) electrons. The van der Waals surface area contributed by atoms with E-state index in [1.807, 2.05) is 26.0 Å². The Morgan fingerprint density at radius 3 is 1.47 bits per heavy atom. The molecule has 0 aromatic heterocycles. The topological polar surface area (TPSA) is 27.7 Å². The van der Waals surface area contributed by atoms with Crippen LogP contribution < -0.4 is 0 Å². The molecule has 0 saturated carbocycles. The minimum absolute atomic E-state index is 0.154. The van der Waals surface area contributed by atoms with Gasteiger partial charge in [-0.05, 0) is 38.8 Å². The fourth-order valence-corrected chi connectivity index (χ4v) is 1.78. The summed E-state index contributed by atoms with van der Waals surface area (Å²) in [5, 5.41) is 0. The van der Waals surface area contributed by atoms with Crippen molar-refractivity contribution in [3.05, 3.63) is 24.7 Å². The van der Waals surface area contributed by atoms with Crippen molar-refractivity contribution in [3.8, 4) is 0 Å². The molecule has 3 nitrogen and oxygen atoms in total. The summed E-state index contributed by atoms with van der Waals surface area (Å²) in [5.41, 5.74) is 0. The zero-order valence-electron chi connectivity index (χ0n) is 12.9. The van der Waals surface area contributed by atoms with Gasteiger partial charge < -0.3 is 14.2 Å². The van der Waals surface area contributed by atoms with E-state index in [1.54, 1.807) is 12.5 Å².